The molecule has 2 aliphatic rings. The van der Waals surface area contributed by atoms with Crippen molar-refractivity contribution in [3.8, 4) is 6.07 Å². The van der Waals surface area contributed by atoms with E-state index in [4.69, 9.17) is 23.2 Å². The van der Waals surface area contributed by atoms with E-state index in [1.807, 2.05) is 29.2 Å². The Hall–Kier alpha value is -2.99. The summed E-state index contributed by atoms with van der Waals surface area (Å²) in [6, 6.07) is 14.0. The third-order valence-corrected chi connectivity index (χ3v) is 8.25. The van der Waals surface area contributed by atoms with Gasteiger partial charge in [-0.1, -0.05) is 60.5 Å². The van der Waals surface area contributed by atoms with Gasteiger partial charge in [0.15, 0.2) is 0 Å². The minimum atomic E-state index is -4.19. The molecule has 1 saturated heterocycles. The maximum atomic E-state index is 12.9. The van der Waals surface area contributed by atoms with Crippen LogP contribution in [-0.4, -0.2) is 43.3 Å². The van der Waals surface area contributed by atoms with Crippen molar-refractivity contribution >= 4 is 40.5 Å². The number of halogens is 5. The summed E-state index contributed by atoms with van der Waals surface area (Å²) in [5.41, 5.74) is 2.66. The minimum absolute atomic E-state index is 0.0294. The molecule has 2 aromatic carbocycles. The Morgan fingerprint density at radius 3 is 2.48 bits per heavy atom. The zero-order chi connectivity index (χ0) is 28.9. The van der Waals surface area contributed by atoms with Gasteiger partial charge in [-0.2, -0.15) is 18.4 Å². The number of nitrogens with zero attached hydrogens (tertiary/aromatic N) is 2. The molecule has 40 heavy (non-hydrogen) atoms. The Bertz CT molecular complexity index is 1310. The maximum Gasteiger partial charge on any atom is 0.390 e. The number of anilines is 1. The number of carbonyl (C=O) groups excluding carboxylic acids is 1. The lowest BCUT2D eigenvalue weighted by Crippen LogP contribution is -2.52. The van der Waals surface area contributed by atoms with Crippen molar-refractivity contribution in [2.24, 2.45) is 17.3 Å². The number of hydrogen-bond donors (Lipinski definition) is 2. The first-order valence-electron chi connectivity index (χ1n) is 13.2. The third-order valence-electron chi connectivity index (χ3n) is 7.81. The summed E-state index contributed by atoms with van der Waals surface area (Å²) in [4.78, 5) is 14.7. The van der Waals surface area contributed by atoms with Crippen LogP contribution < -0.4 is 10.6 Å². The molecule has 2 atom stereocenters. The van der Waals surface area contributed by atoms with E-state index in [9.17, 15) is 23.2 Å². The van der Waals surface area contributed by atoms with E-state index in [-0.39, 0.29) is 23.8 Å². The van der Waals surface area contributed by atoms with E-state index in [0.29, 0.717) is 53.8 Å². The largest absolute Gasteiger partial charge is 0.390 e. The van der Waals surface area contributed by atoms with Gasteiger partial charge in [-0.15, -0.1) is 0 Å². The third kappa shape index (κ3) is 7.81. The van der Waals surface area contributed by atoms with Crippen LogP contribution in [0.25, 0.3) is 5.57 Å². The molecule has 0 saturated carbocycles. The number of hydrogen-bond acceptors (Lipinski definition) is 3. The standard InChI is InChI=1S/C30H31Cl2F3N4O/c1-20-13-23(22-4-2-3-21(14-22)18-36)5-6-27(20)29(7-10-39(11-8-29)12-9-30(33,34)35)19-37-28(40)38-26-16-24(31)15-25(32)17-26/h2-6,13-17,20,27H,7-12,19H2,1H3,(H2,37,38,40). The number of allylic oxidation sites excluding steroid dienone is 4. The van der Waals surface area contributed by atoms with Gasteiger partial charge in [0.1, 0.15) is 0 Å². The van der Waals surface area contributed by atoms with Crippen LogP contribution in [0.5, 0.6) is 0 Å². The molecule has 2 aromatic rings. The first-order chi connectivity index (χ1) is 19.0. The molecule has 10 heteroatoms. The van der Waals surface area contributed by atoms with Gasteiger partial charge in [0.05, 0.1) is 18.1 Å². The molecule has 0 bridgehead atoms. The Labute approximate surface area is 242 Å². The van der Waals surface area contributed by atoms with E-state index in [2.05, 4.69) is 35.8 Å². The van der Waals surface area contributed by atoms with Crippen LogP contribution in [0.1, 0.15) is 37.3 Å². The number of nitrogens with one attached hydrogen (secondary N) is 2. The van der Waals surface area contributed by atoms with Crippen molar-refractivity contribution in [1.29, 1.82) is 5.26 Å². The summed E-state index contributed by atoms with van der Waals surface area (Å²) < 4.78 is 38.5. The number of piperidine rings is 1. The van der Waals surface area contributed by atoms with Gasteiger partial charge in [-0.05, 0) is 84.7 Å². The van der Waals surface area contributed by atoms with Crippen molar-refractivity contribution in [3.05, 3.63) is 81.9 Å². The number of nitriles is 1. The molecule has 5 nitrogen and oxygen atoms in total. The highest BCUT2D eigenvalue weighted by molar-refractivity contribution is 6.35. The molecule has 1 heterocycles. The van der Waals surface area contributed by atoms with Crippen LogP contribution in [0.15, 0.2) is 60.7 Å². The lowest BCUT2D eigenvalue weighted by Gasteiger charge is -2.48. The highest BCUT2D eigenvalue weighted by Crippen LogP contribution is 2.46. The van der Waals surface area contributed by atoms with E-state index in [0.717, 1.165) is 11.1 Å². The molecule has 0 spiro atoms. The maximum absolute atomic E-state index is 12.9. The van der Waals surface area contributed by atoms with Crippen LogP contribution in [0.2, 0.25) is 10.0 Å². The molecule has 4 rings (SSSR count). The molecule has 1 fully saturated rings. The number of alkyl halides is 3. The summed E-state index contributed by atoms with van der Waals surface area (Å²) >= 11 is 12.1. The second-order valence-corrected chi connectivity index (χ2v) is 11.5. The number of amides is 2. The topological polar surface area (TPSA) is 68.2 Å². The fraction of sp³-hybridized carbons (Fsp3) is 0.400. The van der Waals surface area contributed by atoms with Crippen molar-refractivity contribution in [2.45, 2.75) is 32.4 Å². The number of urea groups is 1. The summed E-state index contributed by atoms with van der Waals surface area (Å²) in [5, 5.41) is 15.8. The molecular formula is C30H31Cl2F3N4O. The number of rotatable bonds is 7. The normalized spacial score (nSPS) is 20.9. The van der Waals surface area contributed by atoms with Crippen molar-refractivity contribution in [1.82, 2.24) is 10.2 Å². The smallest absolute Gasteiger partial charge is 0.337 e. The zero-order valence-electron chi connectivity index (χ0n) is 22.1. The molecule has 212 valence electrons. The average molecular weight is 592 g/mol. The summed E-state index contributed by atoms with van der Waals surface area (Å²) in [6.45, 7) is 3.47. The monoisotopic (exact) mass is 590 g/mol. The molecule has 1 aliphatic carbocycles. The lowest BCUT2D eigenvalue weighted by atomic mass is 9.62. The van der Waals surface area contributed by atoms with Crippen LogP contribution in [0.3, 0.4) is 0 Å². The van der Waals surface area contributed by atoms with Gasteiger partial charge in [-0.3, -0.25) is 0 Å². The van der Waals surface area contributed by atoms with Gasteiger partial charge in [-0.25, -0.2) is 4.79 Å². The second kappa shape index (κ2) is 12.7. The zero-order valence-corrected chi connectivity index (χ0v) is 23.6. The van der Waals surface area contributed by atoms with Crippen molar-refractivity contribution in [3.63, 3.8) is 0 Å². The Kier molecular flexibility index (Phi) is 9.50. The van der Waals surface area contributed by atoms with Gasteiger partial charge in [0.25, 0.3) is 0 Å². The Morgan fingerprint density at radius 2 is 1.85 bits per heavy atom. The van der Waals surface area contributed by atoms with Crippen LogP contribution >= 0.6 is 23.2 Å². The quantitative estimate of drug-likeness (QED) is 0.344. The van der Waals surface area contributed by atoms with Crippen LogP contribution in [0.4, 0.5) is 23.7 Å². The molecule has 2 N–H and O–H groups in total. The highest BCUT2D eigenvalue weighted by atomic mass is 35.5. The van der Waals surface area contributed by atoms with E-state index >= 15 is 0 Å². The van der Waals surface area contributed by atoms with Gasteiger partial charge < -0.3 is 15.5 Å². The second-order valence-electron chi connectivity index (χ2n) is 10.6. The van der Waals surface area contributed by atoms with Gasteiger partial charge in [0, 0.05) is 28.8 Å². The predicted molar refractivity (Wildman–Crippen MR) is 153 cm³/mol. The number of likely N-dealkylation sites (tertiary alicyclic amines) is 1. The molecule has 0 radical (unpaired) electrons. The SMILES string of the molecule is CC1C=C(c2cccc(C#N)c2)C=CC1C1(CNC(=O)Nc2cc(Cl)cc(Cl)c2)CCN(CCC(F)(F)F)CC1. The number of carbonyl (C=O) groups is 1. The lowest BCUT2D eigenvalue weighted by molar-refractivity contribution is -0.139. The molecule has 0 aromatic heterocycles. The summed E-state index contributed by atoms with van der Waals surface area (Å²) in [6.07, 6.45) is 2.63. The van der Waals surface area contributed by atoms with Crippen molar-refractivity contribution in [2.75, 3.05) is 31.5 Å². The first-order valence-corrected chi connectivity index (χ1v) is 13.9. The van der Waals surface area contributed by atoms with Gasteiger partial charge >= 0.3 is 12.2 Å². The summed E-state index contributed by atoms with van der Waals surface area (Å²) in [7, 11) is 0. The minimum Gasteiger partial charge on any atom is -0.337 e. The number of benzene rings is 2. The first kappa shape index (κ1) is 30.0. The Balaban J connectivity index is 1.50. The van der Waals surface area contributed by atoms with E-state index in [1.54, 1.807) is 24.3 Å². The fourth-order valence-electron chi connectivity index (χ4n) is 5.74. The average Bonchev–Trinajstić information content (AvgIpc) is 2.90. The van der Waals surface area contributed by atoms with E-state index in [1.165, 1.54) is 0 Å². The van der Waals surface area contributed by atoms with Crippen LogP contribution in [-0.2, 0) is 0 Å². The molecule has 1 aliphatic heterocycles. The fourth-order valence-corrected chi connectivity index (χ4v) is 6.27. The van der Waals surface area contributed by atoms with E-state index < -0.39 is 18.6 Å². The van der Waals surface area contributed by atoms with Crippen LogP contribution in [0, 0.1) is 28.6 Å². The highest BCUT2D eigenvalue weighted by Gasteiger charge is 2.43. The van der Waals surface area contributed by atoms with Gasteiger partial charge in [0.2, 0.25) is 0 Å². The van der Waals surface area contributed by atoms with Crippen molar-refractivity contribution < 1.29 is 18.0 Å². The predicted octanol–water partition coefficient (Wildman–Crippen LogP) is 7.93. The summed E-state index contributed by atoms with van der Waals surface area (Å²) in [5.74, 6) is 0.158. The molecular weight excluding hydrogens is 560 g/mol. The Morgan fingerprint density at radius 1 is 1.15 bits per heavy atom. The molecule has 2 amide bonds. The molecule has 2 unspecified atom stereocenters.